The Labute approximate surface area is 159 Å². The van der Waals surface area contributed by atoms with Gasteiger partial charge in [0, 0.05) is 31.9 Å². The lowest BCUT2D eigenvalue weighted by atomic mass is 9.78. The van der Waals surface area contributed by atoms with Gasteiger partial charge in [0.1, 0.15) is 0 Å². The third kappa shape index (κ3) is 3.39. The Morgan fingerprint density at radius 2 is 2.15 bits per heavy atom. The zero-order valence-electron chi connectivity index (χ0n) is 14.4. The summed E-state index contributed by atoms with van der Waals surface area (Å²) >= 11 is 7.58. The second-order valence-electron chi connectivity index (χ2n) is 7.35. The SMILES string of the molecule is Cn1nc(NC(=O)CC2CC(F)(F)C2)c(C2CCC2)c1-c1ccc(Cl)s1. The lowest BCUT2D eigenvalue weighted by molar-refractivity contribution is -0.129. The fraction of sp³-hybridized carbons (Fsp3) is 0.556. The van der Waals surface area contributed by atoms with Crippen LogP contribution in [0.1, 0.15) is 50.0 Å². The Kier molecular flexibility index (Phi) is 4.55. The van der Waals surface area contributed by atoms with Crippen molar-refractivity contribution in [1.82, 2.24) is 9.78 Å². The Morgan fingerprint density at radius 1 is 1.42 bits per heavy atom. The van der Waals surface area contributed by atoms with Gasteiger partial charge in [0.2, 0.25) is 11.8 Å². The number of aryl methyl sites for hydroxylation is 1. The smallest absolute Gasteiger partial charge is 0.248 e. The van der Waals surface area contributed by atoms with Gasteiger partial charge < -0.3 is 5.32 Å². The van der Waals surface area contributed by atoms with Gasteiger partial charge in [-0.2, -0.15) is 5.10 Å². The van der Waals surface area contributed by atoms with Crippen LogP contribution in [0.5, 0.6) is 0 Å². The first-order valence-corrected chi connectivity index (χ1v) is 10.0. The van der Waals surface area contributed by atoms with E-state index in [0.29, 0.717) is 16.1 Å². The highest BCUT2D eigenvalue weighted by molar-refractivity contribution is 7.19. The lowest BCUT2D eigenvalue weighted by Gasteiger charge is -2.34. The first kappa shape index (κ1) is 17.9. The molecule has 2 aromatic heterocycles. The van der Waals surface area contributed by atoms with E-state index in [0.717, 1.165) is 35.4 Å². The Hall–Kier alpha value is -1.47. The molecular weight excluding hydrogens is 380 g/mol. The van der Waals surface area contributed by atoms with Crippen LogP contribution < -0.4 is 5.32 Å². The van der Waals surface area contributed by atoms with Gasteiger partial charge >= 0.3 is 0 Å². The zero-order chi connectivity index (χ0) is 18.5. The molecule has 2 fully saturated rings. The molecule has 2 aliphatic carbocycles. The number of carbonyl (C=O) groups excluding carboxylic acids is 1. The predicted octanol–water partition coefficient (Wildman–Crippen LogP) is 5.44. The monoisotopic (exact) mass is 399 g/mol. The number of hydrogen-bond acceptors (Lipinski definition) is 3. The topological polar surface area (TPSA) is 46.9 Å². The first-order chi connectivity index (χ1) is 12.3. The molecule has 1 N–H and O–H groups in total. The average Bonchev–Trinajstić information content (AvgIpc) is 2.99. The highest BCUT2D eigenvalue weighted by Gasteiger charge is 2.45. The Bertz CT molecular complexity index is 836. The minimum Gasteiger partial charge on any atom is -0.309 e. The number of nitrogens with one attached hydrogen (secondary N) is 1. The molecule has 0 atom stereocenters. The van der Waals surface area contributed by atoms with Gasteiger partial charge in [-0.1, -0.05) is 18.0 Å². The molecule has 26 heavy (non-hydrogen) atoms. The molecule has 2 aromatic rings. The number of aromatic nitrogens is 2. The molecule has 2 saturated carbocycles. The van der Waals surface area contributed by atoms with Crippen molar-refractivity contribution in [2.45, 2.75) is 50.4 Å². The summed E-state index contributed by atoms with van der Waals surface area (Å²) in [6.45, 7) is 0. The second-order valence-corrected chi connectivity index (χ2v) is 9.06. The summed E-state index contributed by atoms with van der Waals surface area (Å²) in [5, 5.41) is 7.40. The van der Waals surface area contributed by atoms with Gasteiger partial charge in [-0.15, -0.1) is 11.3 Å². The van der Waals surface area contributed by atoms with Gasteiger partial charge in [-0.25, -0.2) is 8.78 Å². The number of carbonyl (C=O) groups is 1. The number of halogens is 3. The van der Waals surface area contributed by atoms with Crippen LogP contribution in [0.25, 0.3) is 10.6 Å². The van der Waals surface area contributed by atoms with Crippen LogP contribution in [0.4, 0.5) is 14.6 Å². The summed E-state index contributed by atoms with van der Waals surface area (Å²) in [4.78, 5) is 13.4. The number of anilines is 1. The summed E-state index contributed by atoms with van der Waals surface area (Å²) in [6.07, 6.45) is 3.02. The highest BCUT2D eigenvalue weighted by atomic mass is 35.5. The van der Waals surface area contributed by atoms with E-state index in [4.69, 9.17) is 11.6 Å². The Balaban J connectivity index is 1.57. The van der Waals surface area contributed by atoms with Crippen molar-refractivity contribution in [2.75, 3.05) is 5.32 Å². The van der Waals surface area contributed by atoms with Crippen molar-refractivity contribution >= 4 is 34.7 Å². The van der Waals surface area contributed by atoms with Gasteiger partial charge in [-0.3, -0.25) is 9.48 Å². The lowest BCUT2D eigenvalue weighted by Crippen LogP contribution is -2.37. The van der Waals surface area contributed by atoms with Crippen molar-refractivity contribution in [3.63, 3.8) is 0 Å². The van der Waals surface area contributed by atoms with E-state index >= 15 is 0 Å². The maximum Gasteiger partial charge on any atom is 0.248 e. The van der Waals surface area contributed by atoms with Crippen molar-refractivity contribution in [3.8, 4) is 10.6 Å². The minimum absolute atomic E-state index is 0.121. The van der Waals surface area contributed by atoms with Crippen LogP contribution in [0.2, 0.25) is 4.34 Å². The average molecular weight is 400 g/mol. The third-order valence-electron chi connectivity index (χ3n) is 5.31. The van der Waals surface area contributed by atoms with Crippen LogP contribution in [-0.4, -0.2) is 21.6 Å². The molecule has 140 valence electrons. The molecule has 0 aliphatic heterocycles. The number of alkyl halides is 2. The molecular formula is C18H20ClF2N3OS. The number of nitrogens with zero attached hydrogens (tertiary/aromatic N) is 2. The molecule has 1 amide bonds. The van der Waals surface area contributed by atoms with Crippen molar-refractivity contribution < 1.29 is 13.6 Å². The Morgan fingerprint density at radius 3 is 2.69 bits per heavy atom. The van der Waals surface area contributed by atoms with Crippen LogP contribution in [0, 0.1) is 5.92 Å². The van der Waals surface area contributed by atoms with Gasteiger partial charge in [-0.05, 0) is 36.8 Å². The summed E-state index contributed by atoms with van der Waals surface area (Å²) in [6, 6.07) is 3.82. The fourth-order valence-corrected chi connectivity index (χ4v) is 4.96. The summed E-state index contributed by atoms with van der Waals surface area (Å²) in [5.41, 5.74) is 2.03. The molecule has 0 spiro atoms. The fourth-order valence-electron chi connectivity index (χ4n) is 3.82. The van der Waals surface area contributed by atoms with Crippen molar-refractivity contribution in [1.29, 1.82) is 0 Å². The highest BCUT2D eigenvalue weighted by Crippen LogP contribution is 2.47. The largest absolute Gasteiger partial charge is 0.309 e. The van der Waals surface area contributed by atoms with Gasteiger partial charge in [0.15, 0.2) is 5.82 Å². The van der Waals surface area contributed by atoms with Crippen LogP contribution in [0.3, 0.4) is 0 Å². The molecule has 8 heteroatoms. The maximum atomic E-state index is 13.0. The standard InChI is InChI=1S/C18H20ClF2N3OS/c1-24-16(12-5-6-13(19)26-12)15(11-3-2-4-11)17(23-24)22-14(25)7-10-8-18(20,21)9-10/h5-6,10-11H,2-4,7-9H2,1H3,(H,22,23,25). The molecule has 0 bridgehead atoms. The number of hydrogen-bond donors (Lipinski definition) is 1. The van der Waals surface area contributed by atoms with E-state index in [1.54, 1.807) is 4.68 Å². The molecule has 4 nitrogen and oxygen atoms in total. The van der Waals surface area contributed by atoms with Crippen LogP contribution in [-0.2, 0) is 11.8 Å². The van der Waals surface area contributed by atoms with Crippen molar-refractivity contribution in [2.24, 2.45) is 13.0 Å². The predicted molar refractivity (Wildman–Crippen MR) is 99.0 cm³/mol. The number of amides is 1. The van der Waals surface area contributed by atoms with E-state index in [9.17, 15) is 13.6 Å². The van der Waals surface area contributed by atoms with E-state index < -0.39 is 5.92 Å². The summed E-state index contributed by atoms with van der Waals surface area (Å²) in [7, 11) is 1.85. The molecule has 2 heterocycles. The molecule has 2 aliphatic rings. The van der Waals surface area contributed by atoms with Gasteiger partial charge in [0.25, 0.3) is 0 Å². The van der Waals surface area contributed by atoms with Crippen molar-refractivity contribution in [3.05, 3.63) is 22.0 Å². The normalized spacial score (nSPS) is 19.8. The van der Waals surface area contributed by atoms with Crippen LogP contribution in [0.15, 0.2) is 12.1 Å². The van der Waals surface area contributed by atoms with E-state index in [1.807, 2.05) is 19.2 Å². The number of rotatable bonds is 5. The third-order valence-corrected chi connectivity index (χ3v) is 6.55. The van der Waals surface area contributed by atoms with Gasteiger partial charge in [0.05, 0.1) is 14.9 Å². The zero-order valence-corrected chi connectivity index (χ0v) is 16.0. The maximum absolute atomic E-state index is 13.0. The first-order valence-electron chi connectivity index (χ1n) is 8.83. The molecule has 0 radical (unpaired) electrons. The summed E-state index contributed by atoms with van der Waals surface area (Å²) < 4.78 is 28.4. The summed E-state index contributed by atoms with van der Waals surface area (Å²) in [5.74, 6) is -2.15. The molecule has 0 unspecified atom stereocenters. The van der Waals surface area contributed by atoms with Crippen LogP contribution >= 0.6 is 22.9 Å². The van der Waals surface area contributed by atoms with E-state index in [-0.39, 0.29) is 31.1 Å². The van der Waals surface area contributed by atoms with E-state index in [2.05, 4.69) is 10.4 Å². The van der Waals surface area contributed by atoms with E-state index in [1.165, 1.54) is 11.3 Å². The minimum atomic E-state index is -2.60. The molecule has 4 rings (SSSR count). The second kappa shape index (κ2) is 6.60. The molecule has 0 saturated heterocycles. The quantitative estimate of drug-likeness (QED) is 0.727. The number of thiophene rings is 1. The molecule has 0 aromatic carbocycles.